The zero-order chi connectivity index (χ0) is 17.0. The number of rotatable bonds is 7. The second-order valence-electron chi connectivity index (χ2n) is 6.11. The summed E-state index contributed by atoms with van der Waals surface area (Å²) in [6.45, 7) is 7.41. The van der Waals surface area contributed by atoms with Crippen LogP contribution in [-0.2, 0) is 15.0 Å². The van der Waals surface area contributed by atoms with Gasteiger partial charge in [-0.25, -0.2) is 0 Å². The summed E-state index contributed by atoms with van der Waals surface area (Å²) >= 11 is 5.87. The molecule has 0 saturated carbocycles. The Morgan fingerprint density at radius 3 is 2.05 bits per heavy atom. The Morgan fingerprint density at radius 2 is 1.64 bits per heavy atom. The normalized spacial score (nSPS) is 12.0. The van der Waals surface area contributed by atoms with Crippen molar-refractivity contribution in [2.45, 2.75) is 46.0 Å². The van der Waals surface area contributed by atoms with Gasteiger partial charge in [0.2, 0.25) is 5.91 Å². The fraction of sp³-hybridized carbons (Fsp3) is 0.529. The van der Waals surface area contributed by atoms with Crippen LogP contribution in [0.2, 0.25) is 5.02 Å². The molecule has 5 heteroatoms. The minimum atomic E-state index is -0.911. The van der Waals surface area contributed by atoms with Crippen molar-refractivity contribution in [3.8, 4) is 0 Å². The van der Waals surface area contributed by atoms with Crippen LogP contribution in [0.25, 0.3) is 0 Å². The first-order valence-corrected chi connectivity index (χ1v) is 7.85. The van der Waals surface area contributed by atoms with Gasteiger partial charge in [0.1, 0.15) is 0 Å². The molecule has 0 unspecified atom stereocenters. The van der Waals surface area contributed by atoms with Gasteiger partial charge in [0.15, 0.2) is 0 Å². The summed E-state index contributed by atoms with van der Waals surface area (Å²) in [5.74, 6) is -1.07. The maximum atomic E-state index is 12.5. The van der Waals surface area contributed by atoms with Gasteiger partial charge in [-0.3, -0.25) is 9.59 Å². The van der Waals surface area contributed by atoms with Crippen LogP contribution in [-0.4, -0.2) is 23.5 Å². The zero-order valence-corrected chi connectivity index (χ0v) is 14.3. The van der Waals surface area contributed by atoms with Crippen molar-refractivity contribution >= 4 is 23.5 Å². The molecule has 1 amide bonds. The van der Waals surface area contributed by atoms with Crippen LogP contribution in [0.15, 0.2) is 24.3 Å². The average Bonchev–Trinajstić information content (AvgIpc) is 2.48. The zero-order valence-electron chi connectivity index (χ0n) is 13.6. The Bertz CT molecular complexity index is 533. The molecule has 1 aromatic carbocycles. The molecule has 0 aliphatic heterocycles. The van der Waals surface area contributed by atoms with Gasteiger partial charge in [-0.05, 0) is 44.4 Å². The highest BCUT2D eigenvalue weighted by atomic mass is 35.5. The monoisotopic (exact) mass is 325 g/mol. The number of hydrogen-bond donors (Lipinski definition) is 2. The van der Waals surface area contributed by atoms with E-state index in [9.17, 15) is 14.7 Å². The van der Waals surface area contributed by atoms with Gasteiger partial charge in [-0.1, -0.05) is 37.6 Å². The molecule has 4 nitrogen and oxygen atoms in total. The molecule has 1 aromatic rings. The Labute approximate surface area is 136 Å². The summed E-state index contributed by atoms with van der Waals surface area (Å²) < 4.78 is 0. The van der Waals surface area contributed by atoms with E-state index in [0.717, 1.165) is 5.56 Å². The summed E-state index contributed by atoms with van der Waals surface area (Å²) in [6.07, 6.45) is 0.945. The lowest BCUT2D eigenvalue weighted by molar-refractivity contribution is -0.149. The number of hydrogen-bond acceptors (Lipinski definition) is 2. The molecule has 0 radical (unpaired) electrons. The number of nitrogens with one attached hydrogen (secondary N) is 1. The molecule has 0 aliphatic carbocycles. The van der Waals surface area contributed by atoms with Crippen LogP contribution in [0.5, 0.6) is 0 Å². The Balaban J connectivity index is 2.87. The first-order valence-electron chi connectivity index (χ1n) is 7.47. The van der Waals surface area contributed by atoms with Crippen molar-refractivity contribution in [1.29, 1.82) is 0 Å². The summed E-state index contributed by atoms with van der Waals surface area (Å²) in [5.41, 5.74) is -0.828. The van der Waals surface area contributed by atoms with Crippen LogP contribution in [0.3, 0.4) is 0 Å². The van der Waals surface area contributed by atoms with Gasteiger partial charge in [0.25, 0.3) is 0 Å². The van der Waals surface area contributed by atoms with Crippen molar-refractivity contribution in [3.05, 3.63) is 34.9 Å². The van der Waals surface area contributed by atoms with Gasteiger partial charge in [-0.2, -0.15) is 0 Å². The predicted octanol–water partition coefficient (Wildman–Crippen LogP) is 3.62. The number of amides is 1. The standard InChI is InChI=1S/C17H24ClNO3/c1-5-17(6-2,15(21)22)11-19-14(20)16(3,4)12-7-9-13(18)10-8-12/h7-10H,5-6,11H2,1-4H3,(H,19,20)(H,21,22). The first-order chi connectivity index (χ1) is 10.2. The molecule has 122 valence electrons. The average molecular weight is 326 g/mol. The molecule has 2 N–H and O–H groups in total. The van der Waals surface area contributed by atoms with Crippen molar-refractivity contribution in [3.63, 3.8) is 0 Å². The lowest BCUT2D eigenvalue weighted by atomic mass is 9.80. The van der Waals surface area contributed by atoms with Crippen LogP contribution < -0.4 is 5.32 Å². The van der Waals surface area contributed by atoms with Gasteiger partial charge >= 0.3 is 5.97 Å². The highest BCUT2D eigenvalue weighted by Crippen LogP contribution is 2.28. The molecule has 0 heterocycles. The SMILES string of the molecule is CCC(CC)(CNC(=O)C(C)(C)c1ccc(Cl)cc1)C(=O)O. The van der Waals surface area contributed by atoms with E-state index < -0.39 is 16.8 Å². The lowest BCUT2D eigenvalue weighted by Crippen LogP contribution is -2.47. The summed E-state index contributed by atoms with van der Waals surface area (Å²) in [7, 11) is 0. The van der Waals surface area contributed by atoms with E-state index >= 15 is 0 Å². The third kappa shape index (κ3) is 3.80. The molecule has 0 fully saturated rings. The summed E-state index contributed by atoms with van der Waals surface area (Å²) in [4.78, 5) is 24.0. The molecule has 0 aromatic heterocycles. The number of carbonyl (C=O) groups is 2. The molecule has 0 saturated heterocycles. The minimum Gasteiger partial charge on any atom is -0.481 e. The quantitative estimate of drug-likeness (QED) is 0.804. The van der Waals surface area contributed by atoms with E-state index in [2.05, 4.69) is 5.32 Å². The molecular formula is C17H24ClNO3. The third-order valence-corrected chi connectivity index (χ3v) is 4.78. The smallest absolute Gasteiger partial charge is 0.311 e. The van der Waals surface area contributed by atoms with Crippen molar-refractivity contribution in [2.24, 2.45) is 5.41 Å². The fourth-order valence-corrected chi connectivity index (χ4v) is 2.47. The Kier molecular flexibility index (Phi) is 6.00. The molecule has 0 bridgehead atoms. The Morgan fingerprint density at radius 1 is 1.14 bits per heavy atom. The van der Waals surface area contributed by atoms with Crippen LogP contribution >= 0.6 is 11.6 Å². The van der Waals surface area contributed by atoms with Crippen molar-refractivity contribution in [1.82, 2.24) is 5.32 Å². The van der Waals surface area contributed by atoms with Crippen molar-refractivity contribution in [2.75, 3.05) is 6.54 Å². The summed E-state index contributed by atoms with van der Waals surface area (Å²) in [5, 5.41) is 12.8. The molecule has 1 rings (SSSR count). The first kappa shape index (κ1) is 18.5. The number of aliphatic carboxylic acids is 1. The number of carboxylic acids is 1. The van der Waals surface area contributed by atoms with Crippen LogP contribution in [0, 0.1) is 5.41 Å². The van der Waals surface area contributed by atoms with E-state index in [1.807, 2.05) is 39.8 Å². The van der Waals surface area contributed by atoms with Gasteiger partial charge in [-0.15, -0.1) is 0 Å². The molecule has 0 spiro atoms. The van der Waals surface area contributed by atoms with Crippen LogP contribution in [0.1, 0.15) is 46.1 Å². The van der Waals surface area contributed by atoms with Crippen molar-refractivity contribution < 1.29 is 14.7 Å². The topological polar surface area (TPSA) is 66.4 Å². The fourth-order valence-electron chi connectivity index (χ4n) is 2.35. The Hall–Kier alpha value is -1.55. The van der Waals surface area contributed by atoms with E-state index in [1.165, 1.54) is 0 Å². The van der Waals surface area contributed by atoms with Gasteiger partial charge in [0, 0.05) is 11.6 Å². The lowest BCUT2D eigenvalue weighted by Gasteiger charge is -2.30. The molecule has 0 atom stereocenters. The van der Waals surface area contributed by atoms with E-state index in [1.54, 1.807) is 12.1 Å². The number of carbonyl (C=O) groups excluding carboxylic acids is 1. The largest absolute Gasteiger partial charge is 0.481 e. The van der Waals surface area contributed by atoms with Gasteiger partial charge in [0.05, 0.1) is 10.8 Å². The third-order valence-electron chi connectivity index (χ3n) is 4.53. The predicted molar refractivity (Wildman–Crippen MR) is 88.1 cm³/mol. The maximum absolute atomic E-state index is 12.5. The molecular weight excluding hydrogens is 302 g/mol. The maximum Gasteiger partial charge on any atom is 0.311 e. The highest BCUT2D eigenvalue weighted by molar-refractivity contribution is 6.30. The number of halogens is 1. The second-order valence-corrected chi connectivity index (χ2v) is 6.54. The minimum absolute atomic E-state index is 0.130. The highest BCUT2D eigenvalue weighted by Gasteiger charge is 2.37. The molecule has 0 aliphatic rings. The van der Waals surface area contributed by atoms with E-state index in [-0.39, 0.29) is 12.5 Å². The number of benzene rings is 1. The van der Waals surface area contributed by atoms with E-state index in [4.69, 9.17) is 11.6 Å². The van der Waals surface area contributed by atoms with Gasteiger partial charge < -0.3 is 10.4 Å². The summed E-state index contributed by atoms with van der Waals surface area (Å²) in [6, 6.07) is 7.11. The second kappa shape index (κ2) is 7.14. The van der Waals surface area contributed by atoms with Crippen LogP contribution in [0.4, 0.5) is 0 Å². The molecule has 22 heavy (non-hydrogen) atoms. The number of carboxylic acid groups (broad SMARTS) is 1. The van der Waals surface area contributed by atoms with E-state index in [0.29, 0.717) is 17.9 Å².